The molecule has 2 aromatic heterocycles. The molecule has 1 aliphatic heterocycles. The molecule has 0 bridgehead atoms. The first-order chi connectivity index (χ1) is 13.1. The number of carbonyl (C=O) groups excluding carboxylic acids is 1. The van der Waals surface area contributed by atoms with Gasteiger partial charge in [-0.25, -0.2) is 14.6 Å². The smallest absolute Gasteiger partial charge is 0.410 e. The molecule has 0 radical (unpaired) electrons. The van der Waals surface area contributed by atoms with Gasteiger partial charge in [0.05, 0.1) is 11.2 Å². The molecule has 0 spiro atoms. The summed E-state index contributed by atoms with van der Waals surface area (Å²) in [5.74, 6) is -1.09. The molecule has 8 nitrogen and oxygen atoms in total. The van der Waals surface area contributed by atoms with Crippen LogP contribution >= 0.6 is 11.6 Å². The minimum Gasteiger partial charge on any atom is -0.478 e. The first kappa shape index (κ1) is 20.1. The first-order valence-electron chi connectivity index (χ1n) is 9.07. The van der Waals surface area contributed by atoms with E-state index in [0.29, 0.717) is 42.7 Å². The second kappa shape index (κ2) is 7.79. The Bertz CT molecular complexity index is 905. The van der Waals surface area contributed by atoms with Crippen molar-refractivity contribution in [2.75, 3.05) is 18.4 Å². The number of aromatic nitrogens is 2. The maximum absolute atomic E-state index is 12.2. The Kier molecular flexibility index (Phi) is 5.60. The highest BCUT2D eigenvalue weighted by molar-refractivity contribution is 6.29. The van der Waals surface area contributed by atoms with Crippen molar-refractivity contribution in [3.05, 3.63) is 29.0 Å². The second-order valence-corrected chi connectivity index (χ2v) is 8.13. The molecule has 2 N–H and O–H groups in total. The number of anilines is 1. The van der Waals surface area contributed by atoms with Gasteiger partial charge < -0.3 is 20.1 Å². The van der Waals surface area contributed by atoms with E-state index < -0.39 is 11.6 Å². The lowest BCUT2D eigenvalue weighted by atomic mass is 10.0. The molecule has 2 aromatic rings. The van der Waals surface area contributed by atoms with Crippen molar-refractivity contribution in [1.82, 2.24) is 14.9 Å². The molecule has 1 fully saturated rings. The molecule has 1 saturated heterocycles. The zero-order valence-electron chi connectivity index (χ0n) is 16.0. The van der Waals surface area contributed by atoms with Crippen LogP contribution in [0.4, 0.5) is 10.5 Å². The molecule has 9 heteroatoms. The molecule has 1 amide bonds. The van der Waals surface area contributed by atoms with E-state index >= 15 is 0 Å². The number of aromatic carboxylic acids is 1. The van der Waals surface area contributed by atoms with Gasteiger partial charge in [-0.05, 0) is 45.7 Å². The van der Waals surface area contributed by atoms with Gasteiger partial charge in [-0.15, -0.1) is 0 Å². The molecule has 3 rings (SSSR count). The van der Waals surface area contributed by atoms with Crippen molar-refractivity contribution in [3.63, 3.8) is 0 Å². The summed E-state index contributed by atoms with van der Waals surface area (Å²) >= 11 is 6.00. The Morgan fingerprint density at radius 3 is 2.57 bits per heavy atom. The van der Waals surface area contributed by atoms with Gasteiger partial charge in [0.1, 0.15) is 21.8 Å². The fourth-order valence-electron chi connectivity index (χ4n) is 3.09. The second-order valence-electron chi connectivity index (χ2n) is 7.74. The summed E-state index contributed by atoms with van der Waals surface area (Å²) in [5, 5.41) is 13.1. The van der Waals surface area contributed by atoms with Crippen molar-refractivity contribution >= 4 is 40.4 Å². The zero-order valence-corrected chi connectivity index (χ0v) is 16.8. The molecule has 0 atom stereocenters. The quantitative estimate of drug-likeness (QED) is 0.747. The highest BCUT2D eigenvalue weighted by Gasteiger charge is 2.28. The number of hydrogen-bond donors (Lipinski definition) is 2. The number of likely N-dealkylation sites (tertiary alicyclic amines) is 1. The van der Waals surface area contributed by atoms with Crippen molar-refractivity contribution in [1.29, 1.82) is 0 Å². The summed E-state index contributed by atoms with van der Waals surface area (Å²) in [4.78, 5) is 33.9. The molecule has 0 unspecified atom stereocenters. The number of rotatable bonds is 3. The van der Waals surface area contributed by atoms with Crippen LogP contribution in [0.5, 0.6) is 0 Å². The van der Waals surface area contributed by atoms with Crippen LogP contribution in [-0.4, -0.2) is 56.8 Å². The monoisotopic (exact) mass is 406 g/mol. The molecule has 150 valence electrons. The number of nitrogens with zero attached hydrogens (tertiary/aromatic N) is 3. The lowest BCUT2D eigenvalue weighted by Crippen LogP contribution is -2.44. The maximum Gasteiger partial charge on any atom is 0.410 e. The van der Waals surface area contributed by atoms with Crippen molar-refractivity contribution < 1.29 is 19.4 Å². The number of fused-ring (bicyclic) bond motifs is 1. The molecule has 1 aliphatic rings. The molecular weight excluding hydrogens is 384 g/mol. The third-order valence-electron chi connectivity index (χ3n) is 4.40. The van der Waals surface area contributed by atoms with Gasteiger partial charge in [-0.3, -0.25) is 4.98 Å². The summed E-state index contributed by atoms with van der Waals surface area (Å²) in [6.07, 6.45) is 2.30. The van der Waals surface area contributed by atoms with Gasteiger partial charge in [0, 0.05) is 25.3 Å². The summed E-state index contributed by atoms with van der Waals surface area (Å²) in [6, 6.07) is 3.30. The van der Waals surface area contributed by atoms with E-state index in [1.165, 1.54) is 6.20 Å². The number of pyridine rings is 2. The Morgan fingerprint density at radius 1 is 1.29 bits per heavy atom. The predicted octanol–water partition coefficient (Wildman–Crippen LogP) is 3.79. The highest BCUT2D eigenvalue weighted by atomic mass is 35.5. The van der Waals surface area contributed by atoms with E-state index in [-0.39, 0.29) is 22.9 Å². The van der Waals surface area contributed by atoms with E-state index in [4.69, 9.17) is 16.3 Å². The predicted molar refractivity (Wildman–Crippen MR) is 106 cm³/mol. The Balaban J connectivity index is 1.77. The number of halogens is 1. The van der Waals surface area contributed by atoms with Crippen LogP contribution in [0.2, 0.25) is 5.15 Å². The van der Waals surface area contributed by atoms with Crippen LogP contribution in [-0.2, 0) is 4.74 Å². The number of carbonyl (C=O) groups is 2. The lowest BCUT2D eigenvalue weighted by molar-refractivity contribution is 0.0210. The highest BCUT2D eigenvalue weighted by Crippen LogP contribution is 2.28. The van der Waals surface area contributed by atoms with Crippen LogP contribution in [0.1, 0.15) is 44.0 Å². The number of carboxylic acid groups (broad SMARTS) is 1. The largest absolute Gasteiger partial charge is 0.478 e. The Morgan fingerprint density at radius 2 is 1.96 bits per heavy atom. The maximum atomic E-state index is 12.2. The molecule has 0 aliphatic carbocycles. The summed E-state index contributed by atoms with van der Waals surface area (Å²) < 4.78 is 5.41. The van der Waals surface area contributed by atoms with Crippen molar-refractivity contribution in [2.45, 2.75) is 45.3 Å². The summed E-state index contributed by atoms with van der Waals surface area (Å²) in [6.45, 7) is 6.54. The van der Waals surface area contributed by atoms with E-state index in [1.54, 1.807) is 17.0 Å². The fourth-order valence-corrected chi connectivity index (χ4v) is 3.24. The SMILES string of the molecule is CC(C)(C)OC(=O)N1CCC(Nc2c(C(=O)O)cnc3ccc(Cl)nc23)CC1. The van der Waals surface area contributed by atoms with E-state index in [0.717, 1.165) is 0 Å². The third kappa shape index (κ3) is 4.62. The van der Waals surface area contributed by atoms with Crippen LogP contribution in [0.25, 0.3) is 11.0 Å². The number of piperidine rings is 1. The zero-order chi connectivity index (χ0) is 20.5. The number of hydrogen-bond acceptors (Lipinski definition) is 6. The van der Waals surface area contributed by atoms with Gasteiger partial charge in [0.25, 0.3) is 0 Å². The van der Waals surface area contributed by atoms with Crippen LogP contribution in [0, 0.1) is 0 Å². The van der Waals surface area contributed by atoms with Crippen LogP contribution in [0.15, 0.2) is 18.3 Å². The standard InChI is InChI=1S/C19H23ClN4O4/c1-19(2,3)28-18(27)24-8-6-11(7-9-24)22-15-12(17(25)26)10-21-13-4-5-14(20)23-16(13)15/h4-5,10-11H,6-9H2,1-3H3,(H,21,22)(H,25,26). The first-order valence-corrected chi connectivity index (χ1v) is 9.45. The number of nitrogens with one attached hydrogen (secondary N) is 1. The van der Waals surface area contributed by atoms with Crippen LogP contribution < -0.4 is 5.32 Å². The molecule has 0 saturated carbocycles. The average molecular weight is 407 g/mol. The molecular formula is C19H23ClN4O4. The van der Waals surface area contributed by atoms with Crippen molar-refractivity contribution in [3.8, 4) is 0 Å². The average Bonchev–Trinajstić information content (AvgIpc) is 2.61. The van der Waals surface area contributed by atoms with Crippen molar-refractivity contribution in [2.24, 2.45) is 0 Å². The normalized spacial score (nSPS) is 15.5. The number of carboxylic acids is 1. The summed E-state index contributed by atoms with van der Waals surface area (Å²) in [7, 11) is 0. The number of amides is 1. The minimum absolute atomic E-state index is 0.0110. The Hall–Kier alpha value is -2.61. The van der Waals surface area contributed by atoms with E-state index in [9.17, 15) is 14.7 Å². The van der Waals surface area contributed by atoms with Gasteiger partial charge in [-0.2, -0.15) is 0 Å². The van der Waals surface area contributed by atoms with E-state index in [2.05, 4.69) is 15.3 Å². The Labute approximate surface area is 167 Å². The minimum atomic E-state index is -1.09. The van der Waals surface area contributed by atoms with Gasteiger partial charge in [-0.1, -0.05) is 11.6 Å². The number of ether oxygens (including phenoxy) is 1. The van der Waals surface area contributed by atoms with Gasteiger partial charge in [0.15, 0.2) is 0 Å². The lowest BCUT2D eigenvalue weighted by Gasteiger charge is -2.34. The van der Waals surface area contributed by atoms with Crippen LogP contribution in [0.3, 0.4) is 0 Å². The molecule has 3 heterocycles. The van der Waals surface area contributed by atoms with E-state index in [1.807, 2.05) is 20.8 Å². The summed E-state index contributed by atoms with van der Waals surface area (Å²) in [5.41, 5.74) is 0.876. The fraction of sp³-hybridized carbons (Fsp3) is 0.474. The molecule has 28 heavy (non-hydrogen) atoms. The topological polar surface area (TPSA) is 105 Å². The molecule has 0 aromatic carbocycles. The third-order valence-corrected chi connectivity index (χ3v) is 4.61. The van der Waals surface area contributed by atoms with Gasteiger partial charge in [0.2, 0.25) is 0 Å². The van der Waals surface area contributed by atoms with Gasteiger partial charge >= 0.3 is 12.1 Å².